The van der Waals surface area contributed by atoms with Crippen molar-refractivity contribution in [1.82, 2.24) is 0 Å². The summed E-state index contributed by atoms with van der Waals surface area (Å²) in [6.07, 6.45) is -2.34. The van der Waals surface area contributed by atoms with E-state index in [1.54, 1.807) is 7.11 Å². The van der Waals surface area contributed by atoms with Crippen LogP contribution in [0.25, 0.3) is 0 Å². The molecule has 1 aliphatic heterocycles. The highest BCUT2D eigenvalue weighted by atomic mass is 16.8. The van der Waals surface area contributed by atoms with Crippen molar-refractivity contribution >= 4 is 17.9 Å². The van der Waals surface area contributed by atoms with Crippen LogP contribution in [-0.2, 0) is 43.7 Å². The third kappa shape index (κ3) is 8.33. The first-order valence-electron chi connectivity index (χ1n) is 16.0. The summed E-state index contributed by atoms with van der Waals surface area (Å²) in [7, 11) is 1.61. The number of hydrogen-bond acceptors (Lipinski definition) is 9. The molecule has 3 aromatic rings. The summed E-state index contributed by atoms with van der Waals surface area (Å²) in [4.78, 5) is 38.3. The first-order valence-corrected chi connectivity index (χ1v) is 16.0. The second-order valence-corrected chi connectivity index (χ2v) is 11.1. The molecular weight excluding hydrogens is 588 g/mol. The molecule has 46 heavy (non-hydrogen) atoms. The van der Waals surface area contributed by atoms with Gasteiger partial charge in [-0.05, 0) is 48.1 Å². The van der Waals surface area contributed by atoms with Crippen LogP contribution in [0.3, 0.4) is 0 Å². The van der Waals surface area contributed by atoms with Gasteiger partial charge in [0.2, 0.25) is 12.4 Å². The lowest BCUT2D eigenvalue weighted by atomic mass is 9.80. The van der Waals surface area contributed by atoms with Crippen LogP contribution in [0.2, 0.25) is 0 Å². The number of carbonyl (C=O) groups is 3. The molecule has 4 atom stereocenters. The lowest BCUT2D eigenvalue weighted by molar-refractivity contribution is -0.200. The van der Waals surface area contributed by atoms with E-state index >= 15 is 0 Å². The summed E-state index contributed by atoms with van der Waals surface area (Å²) in [6, 6.07) is 27.2. The van der Waals surface area contributed by atoms with Gasteiger partial charge in [-0.3, -0.25) is 14.4 Å². The topological polar surface area (TPSA) is 107 Å². The minimum atomic E-state index is -1.28. The summed E-state index contributed by atoms with van der Waals surface area (Å²) in [5.74, 6) is -0.808. The fourth-order valence-electron chi connectivity index (χ4n) is 5.54. The van der Waals surface area contributed by atoms with Crippen LogP contribution in [0, 0.1) is 0 Å². The van der Waals surface area contributed by atoms with Crippen LogP contribution >= 0.6 is 0 Å². The number of rotatable bonds is 16. The zero-order valence-electron chi connectivity index (χ0n) is 27.0. The van der Waals surface area contributed by atoms with E-state index in [-0.39, 0.29) is 25.9 Å². The average Bonchev–Trinajstić information content (AvgIpc) is 3.37. The number of carbonyl (C=O) groups excluding carboxylic acids is 3. The van der Waals surface area contributed by atoms with Crippen molar-refractivity contribution in [3.8, 4) is 5.75 Å². The molecule has 1 aliphatic rings. The molecule has 1 heterocycles. The van der Waals surface area contributed by atoms with Crippen molar-refractivity contribution in [2.45, 2.75) is 89.5 Å². The zero-order chi connectivity index (χ0) is 32.9. The molecule has 0 aromatic heterocycles. The average molecular weight is 633 g/mol. The van der Waals surface area contributed by atoms with Crippen molar-refractivity contribution in [1.29, 1.82) is 0 Å². The first-order chi connectivity index (χ1) is 22.4. The molecule has 9 nitrogen and oxygen atoms in total. The van der Waals surface area contributed by atoms with E-state index in [1.165, 1.54) is 0 Å². The van der Waals surface area contributed by atoms with Crippen molar-refractivity contribution in [2.24, 2.45) is 0 Å². The van der Waals surface area contributed by atoms with Crippen molar-refractivity contribution in [3.05, 3.63) is 102 Å². The van der Waals surface area contributed by atoms with E-state index in [4.69, 9.17) is 28.4 Å². The largest absolute Gasteiger partial charge is 0.497 e. The molecule has 0 N–H and O–H groups in total. The Kier molecular flexibility index (Phi) is 12.7. The Bertz CT molecular complexity index is 1350. The van der Waals surface area contributed by atoms with Crippen LogP contribution in [0.5, 0.6) is 5.75 Å². The van der Waals surface area contributed by atoms with Gasteiger partial charge < -0.3 is 28.4 Å². The summed E-state index contributed by atoms with van der Waals surface area (Å²) in [5.41, 5.74) is 1.38. The van der Waals surface area contributed by atoms with Gasteiger partial charge in [-0.1, -0.05) is 93.6 Å². The number of ether oxygens (including phenoxy) is 6. The second-order valence-electron chi connectivity index (χ2n) is 11.1. The third-order valence-electron chi connectivity index (χ3n) is 7.73. The van der Waals surface area contributed by atoms with Crippen LogP contribution in [-0.4, -0.2) is 56.2 Å². The van der Waals surface area contributed by atoms with Crippen molar-refractivity contribution < 1.29 is 42.8 Å². The smallest absolute Gasteiger partial charge is 0.308 e. The van der Waals surface area contributed by atoms with Crippen molar-refractivity contribution in [3.63, 3.8) is 0 Å². The molecule has 9 heteroatoms. The normalized spacial score (nSPS) is 19.3. The minimum Gasteiger partial charge on any atom is -0.497 e. The predicted octanol–water partition coefficient (Wildman–Crippen LogP) is 6.50. The van der Waals surface area contributed by atoms with Gasteiger partial charge in [-0.25, -0.2) is 0 Å². The maximum absolute atomic E-state index is 12.9. The van der Waals surface area contributed by atoms with Crippen LogP contribution in [0.15, 0.2) is 84.9 Å². The maximum atomic E-state index is 12.9. The molecule has 1 unspecified atom stereocenters. The van der Waals surface area contributed by atoms with E-state index in [9.17, 15) is 14.4 Å². The van der Waals surface area contributed by atoms with Gasteiger partial charge in [0, 0.05) is 19.3 Å². The molecule has 246 valence electrons. The Balaban J connectivity index is 1.78. The molecule has 3 aromatic carbocycles. The third-order valence-corrected chi connectivity index (χ3v) is 7.73. The highest BCUT2D eigenvalue weighted by molar-refractivity contribution is 5.71. The lowest BCUT2D eigenvalue weighted by Crippen LogP contribution is -2.44. The number of esters is 3. The van der Waals surface area contributed by atoms with E-state index in [0.29, 0.717) is 25.0 Å². The van der Waals surface area contributed by atoms with E-state index in [2.05, 4.69) is 0 Å². The summed E-state index contributed by atoms with van der Waals surface area (Å²) in [6.45, 7) is 5.47. The maximum Gasteiger partial charge on any atom is 0.308 e. The molecule has 0 radical (unpaired) electrons. The summed E-state index contributed by atoms with van der Waals surface area (Å²) >= 11 is 0. The Labute approximate surface area is 271 Å². The van der Waals surface area contributed by atoms with Crippen LogP contribution < -0.4 is 4.74 Å². The SMILES string of the molecule is CCCC(=O)OC1O[C@H](COC(c2ccccc2)(c2ccccc2)c2ccc(OC)cc2)[C@@H](OC(=O)CCC)[C@H]1OC(=O)CCC. The molecule has 0 amide bonds. The second kappa shape index (κ2) is 16.9. The lowest BCUT2D eigenvalue weighted by Gasteiger charge is -2.37. The monoisotopic (exact) mass is 632 g/mol. The standard InChI is InChI=1S/C37H44O9/c1-5-14-31(38)44-34-30(43-36(46-33(40)16-7-3)35(34)45-32(39)15-6-2)25-42-37(26-17-10-8-11-18-26,27-19-12-9-13-20-27)28-21-23-29(41-4)24-22-28/h8-13,17-24,30,34-36H,5-7,14-16,25H2,1-4H3/t30-,34-,35-,36?/m1/s1. The number of benzene rings is 3. The Morgan fingerprint density at radius 2 is 1.09 bits per heavy atom. The summed E-state index contributed by atoms with van der Waals surface area (Å²) in [5, 5.41) is 0. The molecule has 0 saturated carbocycles. The van der Waals surface area contributed by atoms with E-state index < -0.39 is 48.1 Å². The molecule has 0 spiro atoms. The Morgan fingerprint density at radius 1 is 0.630 bits per heavy atom. The Morgan fingerprint density at radius 3 is 1.57 bits per heavy atom. The van der Waals surface area contributed by atoms with Gasteiger partial charge in [0.1, 0.15) is 17.5 Å². The molecule has 0 bridgehead atoms. The highest BCUT2D eigenvalue weighted by Gasteiger charge is 2.53. The van der Waals surface area contributed by atoms with E-state index in [1.807, 2.05) is 106 Å². The predicted molar refractivity (Wildman–Crippen MR) is 171 cm³/mol. The van der Waals surface area contributed by atoms with Crippen LogP contribution in [0.1, 0.15) is 76.0 Å². The van der Waals surface area contributed by atoms with Gasteiger partial charge in [-0.2, -0.15) is 0 Å². The Hall–Kier alpha value is -4.21. The van der Waals surface area contributed by atoms with Crippen LogP contribution in [0.4, 0.5) is 0 Å². The van der Waals surface area contributed by atoms with Gasteiger partial charge in [0.05, 0.1) is 13.7 Å². The fraction of sp³-hybridized carbons (Fsp3) is 0.432. The zero-order valence-corrected chi connectivity index (χ0v) is 27.0. The molecule has 0 aliphatic carbocycles. The van der Waals surface area contributed by atoms with Gasteiger partial charge >= 0.3 is 17.9 Å². The van der Waals surface area contributed by atoms with Crippen molar-refractivity contribution in [2.75, 3.05) is 13.7 Å². The van der Waals surface area contributed by atoms with E-state index in [0.717, 1.165) is 16.7 Å². The first kappa shape index (κ1) is 34.7. The fourth-order valence-corrected chi connectivity index (χ4v) is 5.54. The van der Waals surface area contributed by atoms with Gasteiger partial charge in [0.15, 0.2) is 6.10 Å². The van der Waals surface area contributed by atoms with Gasteiger partial charge in [-0.15, -0.1) is 0 Å². The molecular formula is C37H44O9. The van der Waals surface area contributed by atoms with Gasteiger partial charge in [0.25, 0.3) is 0 Å². The highest BCUT2D eigenvalue weighted by Crippen LogP contribution is 2.42. The quantitative estimate of drug-likeness (QED) is 0.0994. The summed E-state index contributed by atoms with van der Waals surface area (Å²) < 4.78 is 36.0. The minimum absolute atomic E-state index is 0.108. The molecule has 1 fully saturated rings. The number of methoxy groups -OCH3 is 1. The number of hydrogen-bond donors (Lipinski definition) is 0. The molecule has 1 saturated heterocycles. The molecule has 4 rings (SSSR count).